The maximum absolute atomic E-state index is 5.53. The number of aliphatic imine (C=N–C) groups is 1. The van der Waals surface area contributed by atoms with Crippen molar-refractivity contribution in [1.82, 2.24) is 15.6 Å². The molecule has 0 saturated heterocycles. The molecule has 0 spiro atoms. The van der Waals surface area contributed by atoms with Gasteiger partial charge in [0, 0.05) is 29.6 Å². The molecule has 2 aromatic rings. The van der Waals surface area contributed by atoms with Gasteiger partial charge in [0.25, 0.3) is 0 Å². The number of hydrogen-bond donors (Lipinski definition) is 2. The third-order valence-electron chi connectivity index (χ3n) is 4.82. The van der Waals surface area contributed by atoms with Gasteiger partial charge in [0.15, 0.2) is 17.5 Å². The third kappa shape index (κ3) is 4.66. The van der Waals surface area contributed by atoms with Crippen LogP contribution < -0.4 is 20.1 Å². The standard InChI is InChI=1S/C19H24N4O2S.HI/c1-3-20-18(22-10-17-21-9-13(2)26-17)23-11-19(6-7-19)14-4-5-15-16(8-14)25-12-24-15;/h4-5,8-9H,3,6-7,10-12H2,1-2H3,(H2,20,22,23);1H. The lowest BCUT2D eigenvalue weighted by atomic mass is 9.95. The highest BCUT2D eigenvalue weighted by Gasteiger charge is 2.44. The zero-order chi connectivity index (χ0) is 18.0. The van der Waals surface area contributed by atoms with E-state index < -0.39 is 0 Å². The van der Waals surface area contributed by atoms with Gasteiger partial charge in [-0.25, -0.2) is 9.98 Å². The van der Waals surface area contributed by atoms with Crippen LogP contribution in [0.3, 0.4) is 0 Å². The fourth-order valence-electron chi connectivity index (χ4n) is 3.16. The second kappa shape index (κ2) is 8.64. The molecule has 2 aliphatic rings. The molecular formula is C19H25IN4O2S. The van der Waals surface area contributed by atoms with Crippen molar-refractivity contribution in [2.24, 2.45) is 4.99 Å². The van der Waals surface area contributed by atoms with Gasteiger partial charge in [-0.15, -0.1) is 35.3 Å². The molecule has 0 bridgehead atoms. The second-order valence-corrected chi connectivity index (χ2v) is 8.08. The van der Waals surface area contributed by atoms with Gasteiger partial charge in [-0.3, -0.25) is 0 Å². The molecule has 0 atom stereocenters. The normalized spacial score (nSPS) is 16.6. The van der Waals surface area contributed by atoms with E-state index in [4.69, 9.17) is 9.47 Å². The van der Waals surface area contributed by atoms with Crippen LogP contribution in [0.4, 0.5) is 0 Å². The van der Waals surface area contributed by atoms with Crippen LogP contribution in [0.15, 0.2) is 29.4 Å². The molecule has 1 saturated carbocycles. The van der Waals surface area contributed by atoms with Gasteiger partial charge in [0.05, 0.1) is 6.54 Å². The van der Waals surface area contributed by atoms with E-state index in [1.54, 1.807) is 11.3 Å². The van der Waals surface area contributed by atoms with Crippen LogP contribution in [0, 0.1) is 6.92 Å². The van der Waals surface area contributed by atoms with Gasteiger partial charge in [-0.05, 0) is 44.4 Å². The van der Waals surface area contributed by atoms with Crippen molar-refractivity contribution in [2.75, 3.05) is 19.9 Å². The minimum Gasteiger partial charge on any atom is -0.454 e. The summed E-state index contributed by atoms with van der Waals surface area (Å²) in [5.74, 6) is 2.53. The van der Waals surface area contributed by atoms with E-state index in [0.717, 1.165) is 35.6 Å². The predicted octanol–water partition coefficient (Wildman–Crippen LogP) is 3.59. The number of rotatable bonds is 6. The highest BCUT2D eigenvalue weighted by atomic mass is 127. The topological polar surface area (TPSA) is 67.8 Å². The third-order valence-corrected chi connectivity index (χ3v) is 5.72. The van der Waals surface area contributed by atoms with Crippen LogP contribution in [0.5, 0.6) is 11.5 Å². The number of nitrogens with one attached hydrogen (secondary N) is 2. The Morgan fingerprint density at radius 1 is 1.26 bits per heavy atom. The molecule has 1 aliphatic carbocycles. The van der Waals surface area contributed by atoms with E-state index in [2.05, 4.69) is 46.6 Å². The van der Waals surface area contributed by atoms with E-state index in [0.29, 0.717) is 13.3 Å². The zero-order valence-corrected chi connectivity index (χ0v) is 18.7. The van der Waals surface area contributed by atoms with Crippen molar-refractivity contribution in [2.45, 2.75) is 38.6 Å². The first-order chi connectivity index (χ1) is 12.7. The lowest BCUT2D eigenvalue weighted by molar-refractivity contribution is 0.174. The Balaban J connectivity index is 0.00000210. The minimum atomic E-state index is 0. The molecule has 0 radical (unpaired) electrons. The summed E-state index contributed by atoms with van der Waals surface area (Å²) < 4.78 is 11.0. The molecule has 1 aromatic carbocycles. The monoisotopic (exact) mass is 500 g/mol. The van der Waals surface area contributed by atoms with E-state index >= 15 is 0 Å². The lowest BCUT2D eigenvalue weighted by Crippen LogP contribution is -2.41. The van der Waals surface area contributed by atoms with Gasteiger partial charge in [-0.1, -0.05) is 6.07 Å². The van der Waals surface area contributed by atoms with Gasteiger partial charge >= 0.3 is 0 Å². The van der Waals surface area contributed by atoms with Crippen LogP contribution in [0.1, 0.15) is 35.2 Å². The van der Waals surface area contributed by atoms with Crippen molar-refractivity contribution in [1.29, 1.82) is 0 Å². The molecule has 2 heterocycles. The maximum Gasteiger partial charge on any atom is 0.231 e. The summed E-state index contributed by atoms with van der Waals surface area (Å²) in [7, 11) is 0. The SMILES string of the molecule is CCNC(=NCc1ncc(C)s1)NCC1(c2ccc3c(c2)OCO3)CC1.I. The molecule has 0 unspecified atom stereocenters. The largest absolute Gasteiger partial charge is 0.454 e. The van der Waals surface area contributed by atoms with E-state index in [1.165, 1.54) is 23.3 Å². The van der Waals surface area contributed by atoms with E-state index in [-0.39, 0.29) is 29.4 Å². The highest BCUT2D eigenvalue weighted by molar-refractivity contribution is 14.0. The number of nitrogens with zero attached hydrogens (tertiary/aromatic N) is 2. The number of aromatic nitrogens is 1. The first-order valence-corrected chi connectivity index (χ1v) is 9.84. The Morgan fingerprint density at radius 2 is 2.07 bits per heavy atom. The number of hydrogen-bond acceptors (Lipinski definition) is 5. The molecule has 27 heavy (non-hydrogen) atoms. The summed E-state index contributed by atoms with van der Waals surface area (Å²) in [6, 6.07) is 6.30. The number of ether oxygens (including phenoxy) is 2. The van der Waals surface area contributed by atoms with Crippen LogP contribution in [0.2, 0.25) is 0 Å². The Morgan fingerprint density at radius 3 is 2.78 bits per heavy atom. The maximum atomic E-state index is 5.53. The quantitative estimate of drug-likeness (QED) is 0.361. The van der Waals surface area contributed by atoms with Crippen LogP contribution in [-0.2, 0) is 12.0 Å². The van der Waals surface area contributed by atoms with Gasteiger partial charge in [0.2, 0.25) is 6.79 Å². The van der Waals surface area contributed by atoms with E-state index in [1.807, 2.05) is 12.3 Å². The molecule has 1 aliphatic heterocycles. The first-order valence-electron chi connectivity index (χ1n) is 9.02. The fourth-order valence-corrected chi connectivity index (χ4v) is 3.87. The second-order valence-electron chi connectivity index (χ2n) is 6.76. The summed E-state index contributed by atoms with van der Waals surface area (Å²) in [6.45, 7) is 6.75. The number of aryl methyl sites for hydroxylation is 1. The molecule has 8 heteroatoms. The summed E-state index contributed by atoms with van der Waals surface area (Å²) in [4.78, 5) is 10.3. The number of guanidine groups is 1. The van der Waals surface area contributed by atoms with Gasteiger partial charge < -0.3 is 20.1 Å². The average Bonchev–Trinajstić information content (AvgIpc) is 3.09. The van der Waals surface area contributed by atoms with Crippen LogP contribution in [-0.4, -0.2) is 30.8 Å². The Labute approximate surface area is 180 Å². The minimum absolute atomic E-state index is 0. The van der Waals surface area contributed by atoms with Crippen molar-refractivity contribution in [3.8, 4) is 11.5 Å². The number of fused-ring (bicyclic) bond motifs is 1. The number of thiazole rings is 1. The number of halogens is 1. The van der Waals surface area contributed by atoms with Crippen molar-refractivity contribution in [3.05, 3.63) is 39.8 Å². The van der Waals surface area contributed by atoms with Crippen molar-refractivity contribution < 1.29 is 9.47 Å². The summed E-state index contributed by atoms with van der Waals surface area (Å²) >= 11 is 1.69. The zero-order valence-electron chi connectivity index (χ0n) is 15.6. The Kier molecular flexibility index (Phi) is 6.46. The molecule has 1 fully saturated rings. The Hall–Kier alpha value is -1.55. The van der Waals surface area contributed by atoms with Crippen LogP contribution in [0.25, 0.3) is 0 Å². The summed E-state index contributed by atoms with van der Waals surface area (Å²) in [6.07, 6.45) is 4.24. The van der Waals surface area contributed by atoms with Crippen LogP contribution >= 0.6 is 35.3 Å². The number of benzene rings is 1. The molecule has 6 nitrogen and oxygen atoms in total. The molecular weight excluding hydrogens is 475 g/mol. The average molecular weight is 500 g/mol. The molecule has 1 aromatic heterocycles. The van der Waals surface area contributed by atoms with Gasteiger partial charge in [-0.2, -0.15) is 0 Å². The van der Waals surface area contributed by atoms with Crippen molar-refractivity contribution >= 4 is 41.3 Å². The van der Waals surface area contributed by atoms with E-state index in [9.17, 15) is 0 Å². The fraction of sp³-hybridized carbons (Fsp3) is 0.474. The Bertz CT molecular complexity index is 820. The molecule has 0 amide bonds. The van der Waals surface area contributed by atoms with Crippen molar-refractivity contribution in [3.63, 3.8) is 0 Å². The summed E-state index contributed by atoms with van der Waals surface area (Å²) in [5.41, 5.74) is 1.47. The predicted molar refractivity (Wildman–Crippen MR) is 119 cm³/mol. The molecule has 4 rings (SSSR count). The molecule has 2 N–H and O–H groups in total. The summed E-state index contributed by atoms with van der Waals surface area (Å²) in [5, 5.41) is 7.87. The highest BCUT2D eigenvalue weighted by Crippen LogP contribution is 2.49. The van der Waals surface area contributed by atoms with Gasteiger partial charge in [0.1, 0.15) is 5.01 Å². The smallest absolute Gasteiger partial charge is 0.231 e. The first kappa shape index (κ1) is 20.2. The molecule has 146 valence electrons. The lowest BCUT2D eigenvalue weighted by Gasteiger charge is -2.19.